The van der Waals surface area contributed by atoms with E-state index >= 15 is 0 Å². The molecular weight excluding hydrogens is 312 g/mol. The van der Waals surface area contributed by atoms with E-state index in [2.05, 4.69) is 10.3 Å². The molecule has 0 saturated heterocycles. The topological polar surface area (TPSA) is 99.5 Å². The Hall–Kier alpha value is -1.77. The molecule has 0 fully saturated rings. The number of carboxylic acids is 1. The van der Waals surface area contributed by atoms with Crippen molar-refractivity contribution in [3.8, 4) is 10.6 Å². The number of amides is 1. The van der Waals surface area contributed by atoms with E-state index < -0.39 is 24.0 Å². The van der Waals surface area contributed by atoms with Gasteiger partial charge >= 0.3 is 5.97 Å². The number of thiazole rings is 1. The van der Waals surface area contributed by atoms with Crippen LogP contribution in [0.3, 0.4) is 0 Å². The average Bonchev–Trinajstić information content (AvgIpc) is 3.05. The van der Waals surface area contributed by atoms with E-state index in [9.17, 15) is 14.7 Å². The molecule has 0 spiro atoms. The Morgan fingerprint density at radius 2 is 2.19 bits per heavy atom. The fourth-order valence-electron chi connectivity index (χ4n) is 1.68. The summed E-state index contributed by atoms with van der Waals surface area (Å²) in [5.41, 5.74) is 1.58. The molecule has 0 aliphatic heterocycles. The molecule has 0 bridgehead atoms. The van der Waals surface area contributed by atoms with Crippen molar-refractivity contribution >= 4 is 34.6 Å². The highest BCUT2D eigenvalue weighted by molar-refractivity contribution is 7.14. The lowest BCUT2D eigenvalue weighted by Gasteiger charge is -2.16. The number of rotatable bonds is 6. The van der Waals surface area contributed by atoms with E-state index in [0.717, 1.165) is 10.6 Å². The van der Waals surface area contributed by atoms with Crippen LogP contribution < -0.4 is 5.32 Å². The van der Waals surface area contributed by atoms with Gasteiger partial charge in [-0.2, -0.15) is 11.3 Å². The second-order valence-corrected chi connectivity index (χ2v) is 6.09. The van der Waals surface area contributed by atoms with Crippen molar-refractivity contribution in [2.45, 2.75) is 25.5 Å². The minimum atomic E-state index is -1.31. The SMILES string of the molecule is CC(O)C(NC(=O)Cc1csc(-c2ccsc2)n1)C(=O)O. The number of nitrogens with zero attached hydrogens (tertiary/aromatic N) is 1. The second-order valence-electron chi connectivity index (χ2n) is 4.46. The first-order valence-corrected chi connectivity index (χ1v) is 7.97. The third-order valence-corrected chi connectivity index (χ3v) is 4.35. The summed E-state index contributed by atoms with van der Waals surface area (Å²) in [6.45, 7) is 1.32. The van der Waals surface area contributed by atoms with Crippen molar-refractivity contribution in [1.29, 1.82) is 0 Å². The lowest BCUT2D eigenvalue weighted by molar-refractivity contribution is -0.144. The quantitative estimate of drug-likeness (QED) is 0.744. The normalized spacial score (nSPS) is 13.6. The van der Waals surface area contributed by atoms with Crippen molar-refractivity contribution in [2.24, 2.45) is 0 Å². The summed E-state index contributed by atoms with van der Waals surface area (Å²) in [7, 11) is 0. The number of carbonyl (C=O) groups excluding carboxylic acids is 1. The van der Waals surface area contributed by atoms with E-state index in [4.69, 9.17) is 5.11 Å². The summed E-state index contributed by atoms with van der Waals surface area (Å²) in [4.78, 5) is 27.1. The summed E-state index contributed by atoms with van der Waals surface area (Å²) >= 11 is 3.00. The van der Waals surface area contributed by atoms with Crippen LogP contribution in [0.1, 0.15) is 12.6 Å². The Balaban J connectivity index is 1.98. The Morgan fingerprint density at radius 3 is 2.76 bits per heavy atom. The van der Waals surface area contributed by atoms with E-state index in [-0.39, 0.29) is 6.42 Å². The van der Waals surface area contributed by atoms with Gasteiger partial charge in [0.25, 0.3) is 0 Å². The van der Waals surface area contributed by atoms with Crippen LogP contribution in [0.4, 0.5) is 0 Å². The molecule has 2 atom stereocenters. The maximum absolute atomic E-state index is 11.8. The van der Waals surface area contributed by atoms with Gasteiger partial charge in [0.1, 0.15) is 5.01 Å². The van der Waals surface area contributed by atoms with Crippen molar-refractivity contribution in [3.05, 3.63) is 27.9 Å². The number of aliphatic hydroxyl groups is 1. The highest BCUT2D eigenvalue weighted by Crippen LogP contribution is 2.25. The van der Waals surface area contributed by atoms with Gasteiger partial charge in [-0.1, -0.05) is 0 Å². The zero-order chi connectivity index (χ0) is 15.4. The fraction of sp³-hybridized carbons (Fsp3) is 0.308. The monoisotopic (exact) mass is 326 g/mol. The summed E-state index contributed by atoms with van der Waals surface area (Å²) in [6.07, 6.45) is -1.18. The van der Waals surface area contributed by atoms with Crippen molar-refractivity contribution in [2.75, 3.05) is 0 Å². The number of hydrogen-bond acceptors (Lipinski definition) is 6. The molecule has 112 valence electrons. The number of thiophene rings is 1. The van der Waals surface area contributed by atoms with Crippen LogP contribution in [0.5, 0.6) is 0 Å². The molecule has 1 amide bonds. The zero-order valence-electron chi connectivity index (χ0n) is 11.1. The third-order valence-electron chi connectivity index (χ3n) is 2.73. The lowest BCUT2D eigenvalue weighted by atomic mass is 10.2. The molecule has 2 unspecified atom stereocenters. The second kappa shape index (κ2) is 6.79. The summed E-state index contributed by atoms with van der Waals surface area (Å²) in [5, 5.41) is 27.0. The molecule has 0 saturated carbocycles. The Kier molecular flexibility index (Phi) is 5.05. The number of aromatic nitrogens is 1. The van der Waals surface area contributed by atoms with Gasteiger partial charge in [-0.25, -0.2) is 9.78 Å². The summed E-state index contributed by atoms with van der Waals surface area (Å²) in [6, 6.07) is 0.633. The Morgan fingerprint density at radius 1 is 1.43 bits per heavy atom. The van der Waals surface area contributed by atoms with Crippen LogP contribution in [0.25, 0.3) is 10.6 Å². The van der Waals surface area contributed by atoms with Gasteiger partial charge in [0.15, 0.2) is 6.04 Å². The number of hydrogen-bond donors (Lipinski definition) is 3. The number of aliphatic carboxylic acids is 1. The van der Waals surface area contributed by atoms with Crippen molar-refractivity contribution in [1.82, 2.24) is 10.3 Å². The van der Waals surface area contributed by atoms with Gasteiger partial charge in [0.2, 0.25) is 5.91 Å². The van der Waals surface area contributed by atoms with E-state index in [1.54, 1.807) is 16.7 Å². The fourth-order valence-corrected chi connectivity index (χ4v) is 3.22. The first-order valence-electron chi connectivity index (χ1n) is 6.14. The number of carboxylic acid groups (broad SMARTS) is 1. The minimum absolute atomic E-state index is 0.0167. The first-order chi connectivity index (χ1) is 9.97. The highest BCUT2D eigenvalue weighted by Gasteiger charge is 2.25. The number of carbonyl (C=O) groups is 2. The smallest absolute Gasteiger partial charge is 0.328 e. The highest BCUT2D eigenvalue weighted by atomic mass is 32.1. The largest absolute Gasteiger partial charge is 0.480 e. The molecule has 8 heteroatoms. The summed E-state index contributed by atoms with van der Waals surface area (Å²) in [5.74, 6) is -1.75. The Bertz CT molecular complexity index is 622. The molecule has 2 aromatic heterocycles. The first kappa shape index (κ1) is 15.6. The molecule has 2 heterocycles. The minimum Gasteiger partial charge on any atom is -0.480 e. The lowest BCUT2D eigenvalue weighted by Crippen LogP contribution is -2.48. The molecule has 3 N–H and O–H groups in total. The van der Waals surface area contributed by atoms with Crippen LogP contribution in [0.15, 0.2) is 22.2 Å². The van der Waals surface area contributed by atoms with Crippen LogP contribution >= 0.6 is 22.7 Å². The van der Waals surface area contributed by atoms with Crippen LogP contribution in [0.2, 0.25) is 0 Å². The van der Waals surface area contributed by atoms with E-state index in [0.29, 0.717) is 5.69 Å². The molecular formula is C13H14N2O4S2. The molecule has 0 radical (unpaired) electrons. The van der Waals surface area contributed by atoms with Crippen LogP contribution in [-0.4, -0.2) is 39.2 Å². The average molecular weight is 326 g/mol. The van der Waals surface area contributed by atoms with E-state index in [1.165, 1.54) is 18.3 Å². The standard InChI is InChI=1S/C13H14N2O4S2/c1-7(16)11(13(18)19)15-10(17)4-9-6-21-12(14-9)8-2-3-20-5-8/h2-3,5-7,11,16H,4H2,1H3,(H,15,17)(H,18,19). The zero-order valence-corrected chi connectivity index (χ0v) is 12.8. The molecule has 0 aliphatic rings. The number of aliphatic hydroxyl groups excluding tert-OH is 1. The molecule has 0 aliphatic carbocycles. The molecule has 2 aromatic rings. The molecule has 2 rings (SSSR count). The molecule has 0 aromatic carbocycles. The van der Waals surface area contributed by atoms with Gasteiger partial charge < -0.3 is 15.5 Å². The van der Waals surface area contributed by atoms with Crippen LogP contribution in [0, 0.1) is 0 Å². The maximum atomic E-state index is 11.8. The van der Waals surface area contributed by atoms with Gasteiger partial charge in [0, 0.05) is 16.3 Å². The van der Waals surface area contributed by atoms with Gasteiger partial charge in [-0.15, -0.1) is 11.3 Å². The third kappa shape index (κ3) is 4.10. The predicted octanol–water partition coefficient (Wildman–Crippen LogP) is 1.36. The maximum Gasteiger partial charge on any atom is 0.328 e. The van der Waals surface area contributed by atoms with E-state index in [1.807, 2.05) is 16.8 Å². The van der Waals surface area contributed by atoms with Gasteiger partial charge in [0.05, 0.1) is 18.2 Å². The Labute approximate surface area is 129 Å². The summed E-state index contributed by atoms with van der Waals surface area (Å²) < 4.78 is 0. The van der Waals surface area contributed by atoms with Gasteiger partial charge in [-0.3, -0.25) is 4.79 Å². The van der Waals surface area contributed by atoms with Gasteiger partial charge in [-0.05, 0) is 18.4 Å². The van der Waals surface area contributed by atoms with Crippen LogP contribution in [-0.2, 0) is 16.0 Å². The predicted molar refractivity (Wildman–Crippen MR) is 80.4 cm³/mol. The van der Waals surface area contributed by atoms with Crippen molar-refractivity contribution < 1.29 is 19.8 Å². The number of nitrogens with one attached hydrogen (secondary N) is 1. The molecule has 6 nitrogen and oxygen atoms in total. The van der Waals surface area contributed by atoms with Crippen molar-refractivity contribution in [3.63, 3.8) is 0 Å². The molecule has 21 heavy (non-hydrogen) atoms.